The molecule has 3 N–H and O–H groups in total. The van der Waals surface area contributed by atoms with E-state index >= 15 is 0 Å². The van der Waals surface area contributed by atoms with Gasteiger partial charge in [0.05, 0.1) is 18.8 Å². The average molecular weight is 641 g/mol. The number of fused-ring (bicyclic) bond motifs is 2. The highest BCUT2D eigenvalue weighted by Crippen LogP contribution is 2.51. The van der Waals surface area contributed by atoms with Gasteiger partial charge in [-0.25, -0.2) is 4.79 Å². The van der Waals surface area contributed by atoms with Crippen LogP contribution in [0.4, 0.5) is 0 Å². The van der Waals surface area contributed by atoms with Crippen molar-refractivity contribution >= 4 is 30.0 Å². The molecule has 2 bridgehead atoms. The van der Waals surface area contributed by atoms with Gasteiger partial charge in [0, 0.05) is 39.2 Å². The van der Waals surface area contributed by atoms with E-state index in [4.69, 9.17) is 18.9 Å². The second-order valence-electron chi connectivity index (χ2n) is 12.2. The first-order chi connectivity index (χ1) is 21.6. The topological polar surface area (TPSA) is 166 Å². The summed E-state index contributed by atoms with van der Waals surface area (Å²) in [5.41, 5.74) is 0.914. The van der Waals surface area contributed by atoms with Gasteiger partial charge in [0.15, 0.2) is 11.9 Å². The van der Waals surface area contributed by atoms with Crippen LogP contribution in [0.15, 0.2) is 70.5 Å². The molecule has 2 aliphatic rings. The van der Waals surface area contributed by atoms with Crippen molar-refractivity contribution in [1.82, 2.24) is 0 Å². The van der Waals surface area contributed by atoms with Crippen molar-refractivity contribution < 1.29 is 53.4 Å². The highest BCUT2D eigenvalue weighted by Gasteiger charge is 2.50. The maximum absolute atomic E-state index is 13.0. The van der Waals surface area contributed by atoms with Gasteiger partial charge in [-0.05, 0) is 59.6 Å². The summed E-state index contributed by atoms with van der Waals surface area (Å²) in [7, 11) is 0. The third kappa shape index (κ3) is 8.80. The van der Waals surface area contributed by atoms with E-state index < -0.39 is 72.3 Å². The van der Waals surface area contributed by atoms with Gasteiger partial charge in [-0.2, -0.15) is 0 Å². The van der Waals surface area contributed by atoms with Gasteiger partial charge in [-0.15, -0.1) is 0 Å². The number of benzene rings is 1. The minimum Gasteiger partial charge on any atom is -0.458 e. The molecule has 2 aliphatic carbocycles. The highest BCUT2D eigenvalue weighted by molar-refractivity contribution is 5.87. The molecular weight excluding hydrogens is 596 g/mol. The van der Waals surface area contributed by atoms with Crippen LogP contribution in [0.25, 0.3) is 6.08 Å². The summed E-state index contributed by atoms with van der Waals surface area (Å²) in [5, 5.41) is 33.7. The Kier molecular flexibility index (Phi) is 12.3. The van der Waals surface area contributed by atoms with Gasteiger partial charge in [0.1, 0.15) is 12.2 Å². The Balaban J connectivity index is 2.27. The maximum atomic E-state index is 13.0. The molecule has 0 spiro atoms. The number of ether oxygens (including phenoxy) is 4. The summed E-state index contributed by atoms with van der Waals surface area (Å²) in [6.07, 6.45) is -2.17. The smallest absolute Gasteiger partial charge is 0.331 e. The van der Waals surface area contributed by atoms with Crippen LogP contribution in [-0.4, -0.2) is 76.3 Å². The zero-order valence-corrected chi connectivity index (χ0v) is 27.3. The van der Waals surface area contributed by atoms with E-state index in [1.165, 1.54) is 32.9 Å². The highest BCUT2D eigenvalue weighted by atomic mass is 16.6. The van der Waals surface area contributed by atoms with Crippen molar-refractivity contribution in [3.8, 4) is 0 Å². The molecule has 250 valence electrons. The van der Waals surface area contributed by atoms with Crippen molar-refractivity contribution in [1.29, 1.82) is 0 Å². The summed E-state index contributed by atoms with van der Waals surface area (Å²) in [5.74, 6) is -3.69. The number of rotatable bonds is 7. The summed E-state index contributed by atoms with van der Waals surface area (Å²) >= 11 is 0. The Labute approximate surface area is 269 Å². The van der Waals surface area contributed by atoms with Crippen molar-refractivity contribution in [2.45, 2.75) is 91.8 Å². The zero-order valence-electron chi connectivity index (χ0n) is 27.3. The van der Waals surface area contributed by atoms with Crippen molar-refractivity contribution in [2.75, 3.05) is 6.61 Å². The molecule has 1 aromatic rings. The van der Waals surface area contributed by atoms with Crippen LogP contribution < -0.4 is 0 Å². The summed E-state index contributed by atoms with van der Waals surface area (Å²) in [6, 6.07) is 9.04. The number of hydrogen-bond acceptors (Lipinski definition) is 11. The first-order valence-electron chi connectivity index (χ1n) is 15.1. The van der Waals surface area contributed by atoms with E-state index in [1.807, 2.05) is 32.0 Å². The van der Waals surface area contributed by atoms with E-state index in [9.17, 15) is 34.5 Å². The molecule has 3 rings (SSSR count). The Hall–Kier alpha value is -4.06. The number of hydrogen-bond donors (Lipinski definition) is 3. The lowest BCUT2D eigenvalue weighted by atomic mass is 9.60. The van der Waals surface area contributed by atoms with E-state index in [0.29, 0.717) is 11.1 Å². The third-order valence-electron chi connectivity index (χ3n) is 8.53. The number of aliphatic hydroxyl groups is 3. The fraction of sp³-hybridized carbons (Fsp3) is 0.486. The molecule has 46 heavy (non-hydrogen) atoms. The first kappa shape index (κ1) is 36.4. The molecule has 1 aromatic carbocycles. The van der Waals surface area contributed by atoms with Crippen LogP contribution >= 0.6 is 0 Å². The normalized spacial score (nSPS) is 29.5. The molecule has 0 fully saturated rings. The van der Waals surface area contributed by atoms with E-state index in [0.717, 1.165) is 12.5 Å². The lowest BCUT2D eigenvalue weighted by Gasteiger charge is -2.48. The van der Waals surface area contributed by atoms with Crippen LogP contribution in [0.3, 0.4) is 0 Å². The fourth-order valence-corrected chi connectivity index (χ4v) is 6.26. The molecule has 0 saturated carbocycles. The van der Waals surface area contributed by atoms with E-state index in [1.54, 1.807) is 25.1 Å². The molecule has 11 nitrogen and oxygen atoms in total. The predicted molar refractivity (Wildman–Crippen MR) is 167 cm³/mol. The molecule has 0 heterocycles. The van der Waals surface area contributed by atoms with E-state index in [2.05, 4.69) is 0 Å². The third-order valence-corrected chi connectivity index (χ3v) is 8.53. The Morgan fingerprint density at radius 3 is 2.07 bits per heavy atom. The van der Waals surface area contributed by atoms with Gasteiger partial charge in [-0.3, -0.25) is 14.4 Å². The van der Waals surface area contributed by atoms with Gasteiger partial charge >= 0.3 is 23.9 Å². The Morgan fingerprint density at radius 1 is 0.870 bits per heavy atom. The second kappa shape index (κ2) is 15.5. The van der Waals surface area contributed by atoms with Crippen LogP contribution in [0, 0.1) is 11.3 Å². The number of carbonyl (C=O) groups excluding carboxylic acids is 4. The predicted octanol–water partition coefficient (Wildman–Crippen LogP) is 3.72. The van der Waals surface area contributed by atoms with Crippen molar-refractivity contribution in [2.24, 2.45) is 11.3 Å². The van der Waals surface area contributed by atoms with Gasteiger partial charge in [0.25, 0.3) is 0 Å². The van der Waals surface area contributed by atoms with E-state index in [-0.39, 0.29) is 29.7 Å². The Morgan fingerprint density at radius 2 is 1.50 bits per heavy atom. The Bertz CT molecular complexity index is 1430. The van der Waals surface area contributed by atoms with Crippen molar-refractivity contribution in [3.63, 3.8) is 0 Å². The fourth-order valence-electron chi connectivity index (χ4n) is 6.26. The largest absolute Gasteiger partial charge is 0.458 e. The number of carbonyl (C=O) groups is 4. The van der Waals surface area contributed by atoms with Crippen LogP contribution in [0.1, 0.15) is 66.9 Å². The second-order valence-corrected chi connectivity index (χ2v) is 12.2. The SMILES string of the molecule is CC(=O)O/C1=C(\C)[C@H](O)CC(OC(=O)/C=C/c2ccccc2)/C(CO)=C\[C@H](O)[C@@H]2C[C@H](OC(C)=O)C(C)=C([C@H]1OC(C)=O)C2(C)C. The molecule has 0 aliphatic heterocycles. The van der Waals surface area contributed by atoms with Crippen LogP contribution in [-0.2, 0) is 38.1 Å². The lowest BCUT2D eigenvalue weighted by molar-refractivity contribution is -0.152. The number of aliphatic hydroxyl groups excluding tert-OH is 3. The molecule has 1 unspecified atom stereocenters. The molecule has 0 saturated heterocycles. The molecule has 6 atom stereocenters. The maximum Gasteiger partial charge on any atom is 0.331 e. The summed E-state index contributed by atoms with van der Waals surface area (Å²) in [4.78, 5) is 50.1. The first-order valence-corrected chi connectivity index (χ1v) is 15.1. The standard InChI is InChI=1S/C35H44O11/c1-19-27(40)17-30(46-31(42)14-13-24-11-9-8-10-12-24)25(18-36)15-28(41)26-16-29(43-21(3)37)20(2)32(35(26,6)7)34(45-23(5)39)33(19)44-22(4)38/h8-15,26-30,34,36,40-41H,16-18H2,1-7H3/b14-13+,25-15-,33-19+/t26-,27+,28-,29-,30?,34+/m0/s1. The minimum absolute atomic E-state index is 0.1000. The van der Waals surface area contributed by atoms with Gasteiger partial charge in [0.2, 0.25) is 0 Å². The monoisotopic (exact) mass is 640 g/mol. The van der Waals surface area contributed by atoms with Crippen LogP contribution in [0.5, 0.6) is 0 Å². The average Bonchev–Trinajstić information content (AvgIpc) is 2.97. The van der Waals surface area contributed by atoms with Gasteiger partial charge in [-0.1, -0.05) is 50.3 Å². The van der Waals surface area contributed by atoms with Gasteiger partial charge < -0.3 is 34.3 Å². The zero-order chi connectivity index (χ0) is 34.3. The molecule has 11 heteroatoms. The quantitative estimate of drug-likeness (QED) is 0.172. The number of esters is 4. The molecule has 0 amide bonds. The van der Waals surface area contributed by atoms with Crippen LogP contribution in [0.2, 0.25) is 0 Å². The molecular formula is C35H44O11. The molecule has 0 radical (unpaired) electrons. The summed E-state index contributed by atoms with van der Waals surface area (Å²) < 4.78 is 22.8. The van der Waals surface area contributed by atoms with Crippen molar-refractivity contribution in [3.05, 3.63) is 76.1 Å². The summed E-state index contributed by atoms with van der Waals surface area (Å²) in [6.45, 7) is 9.78. The molecule has 0 aromatic heterocycles. The lowest BCUT2D eigenvalue weighted by Crippen LogP contribution is -2.48. The minimum atomic E-state index is -1.44.